The number of aromatic amines is 1. The van der Waals surface area contributed by atoms with Gasteiger partial charge in [-0.1, -0.05) is 32.0 Å². The van der Waals surface area contributed by atoms with E-state index in [4.69, 9.17) is 10.5 Å². The van der Waals surface area contributed by atoms with Crippen LogP contribution in [0.4, 0.5) is 11.6 Å². The lowest BCUT2D eigenvalue weighted by Gasteiger charge is -2.35. The number of hydrogen-bond acceptors (Lipinski definition) is 7. The van der Waals surface area contributed by atoms with Crippen molar-refractivity contribution in [3.05, 3.63) is 48.5 Å². The molecule has 0 bridgehead atoms. The molecule has 2 heterocycles. The molecule has 0 aliphatic carbocycles. The molecule has 9 heteroatoms. The van der Waals surface area contributed by atoms with Gasteiger partial charge in [-0.25, -0.2) is 18.4 Å². The van der Waals surface area contributed by atoms with Gasteiger partial charge in [0.2, 0.25) is 9.84 Å². The van der Waals surface area contributed by atoms with E-state index in [1.807, 2.05) is 27.7 Å². The number of aryl methyl sites for hydroxylation is 1. The summed E-state index contributed by atoms with van der Waals surface area (Å²) in [5.41, 5.74) is 6.09. The van der Waals surface area contributed by atoms with Gasteiger partial charge < -0.3 is 20.4 Å². The molecule has 0 spiro atoms. The number of ether oxygens (including phenoxy) is 1. The molecule has 1 aromatic carbocycles. The standard InChI is InChI=1S/C19H25N5O3S.C2H6/c1-13-11-24(12-14(2)27-13)18-10-22-19(20)17(9-21-15(3)23-18)28(25,26)16-7-5-4-6-8-16;1-2/h4-10,13-14,22H,11-12,20H2,1-3H3;1-2H3. The van der Waals surface area contributed by atoms with Crippen LogP contribution in [0.15, 0.2) is 52.5 Å². The summed E-state index contributed by atoms with van der Waals surface area (Å²) in [5.74, 6) is 1.04. The van der Waals surface area contributed by atoms with Crippen LogP contribution in [0.2, 0.25) is 0 Å². The molecule has 3 rings (SSSR count). The maximum atomic E-state index is 13.0. The SMILES string of the molecule is CC.Cc1ncc(S(=O)(=O)c2ccccc2)c(N)[nH]cc(N2CC(C)OC(C)C2)n1. The number of morpholine rings is 1. The average Bonchev–Trinajstić information content (AvgIpc) is 2.79. The Hall–Kier alpha value is -2.65. The molecule has 1 aromatic heterocycles. The van der Waals surface area contributed by atoms with Crippen LogP contribution >= 0.6 is 0 Å². The molecule has 164 valence electrons. The quantitative estimate of drug-likeness (QED) is 0.763. The Morgan fingerprint density at radius 1 is 1.13 bits per heavy atom. The Bertz CT molecular complexity index is 981. The first-order chi connectivity index (χ1) is 14.3. The summed E-state index contributed by atoms with van der Waals surface area (Å²) in [6.45, 7) is 11.0. The number of H-pyrrole nitrogens is 1. The third kappa shape index (κ3) is 5.70. The fraction of sp³-hybridized carbons (Fsp3) is 0.429. The van der Waals surface area contributed by atoms with Gasteiger partial charge in [0, 0.05) is 19.3 Å². The van der Waals surface area contributed by atoms with E-state index in [1.54, 1.807) is 31.3 Å². The smallest absolute Gasteiger partial charge is 0.211 e. The van der Waals surface area contributed by atoms with Gasteiger partial charge in [0.25, 0.3) is 0 Å². The normalized spacial score (nSPS) is 18.8. The topological polar surface area (TPSA) is 114 Å². The number of nitrogens with zero attached hydrogens (tertiary/aromatic N) is 3. The summed E-state index contributed by atoms with van der Waals surface area (Å²) in [6, 6.07) is 8.12. The predicted molar refractivity (Wildman–Crippen MR) is 119 cm³/mol. The molecule has 1 aliphatic rings. The summed E-state index contributed by atoms with van der Waals surface area (Å²) in [4.78, 5) is 13.7. The number of sulfone groups is 1. The van der Waals surface area contributed by atoms with Gasteiger partial charge in [-0.3, -0.25) is 0 Å². The Kier molecular flexibility index (Phi) is 8.19. The highest BCUT2D eigenvalue weighted by molar-refractivity contribution is 7.91. The molecule has 0 radical (unpaired) electrons. The summed E-state index contributed by atoms with van der Waals surface area (Å²) >= 11 is 0. The number of nitrogens with one attached hydrogen (secondary N) is 1. The lowest BCUT2D eigenvalue weighted by Crippen LogP contribution is -2.45. The van der Waals surface area contributed by atoms with Crippen molar-refractivity contribution in [1.82, 2.24) is 15.0 Å². The van der Waals surface area contributed by atoms with E-state index in [1.165, 1.54) is 18.3 Å². The van der Waals surface area contributed by atoms with E-state index in [0.717, 1.165) is 0 Å². The lowest BCUT2D eigenvalue weighted by atomic mass is 10.2. The Balaban J connectivity index is 0.00000155. The molecule has 2 atom stereocenters. The summed E-state index contributed by atoms with van der Waals surface area (Å²) in [5, 5.41) is 0. The first kappa shape index (κ1) is 23.6. The van der Waals surface area contributed by atoms with Crippen LogP contribution < -0.4 is 10.6 Å². The number of nitrogen functional groups attached to an aromatic ring is 1. The number of benzene rings is 1. The first-order valence-corrected chi connectivity index (χ1v) is 11.5. The van der Waals surface area contributed by atoms with E-state index in [0.29, 0.717) is 24.7 Å². The molecule has 2 aromatic rings. The van der Waals surface area contributed by atoms with Crippen molar-refractivity contribution in [1.29, 1.82) is 0 Å². The van der Waals surface area contributed by atoms with Gasteiger partial charge in [0.15, 0.2) is 0 Å². The highest BCUT2D eigenvalue weighted by Gasteiger charge is 2.24. The summed E-state index contributed by atoms with van der Waals surface area (Å²) in [7, 11) is -3.83. The molecule has 1 fully saturated rings. The fourth-order valence-electron chi connectivity index (χ4n) is 3.13. The minimum Gasteiger partial charge on any atom is -0.384 e. The highest BCUT2D eigenvalue weighted by Crippen LogP contribution is 2.23. The Labute approximate surface area is 178 Å². The molecule has 1 saturated heterocycles. The van der Waals surface area contributed by atoms with Crippen molar-refractivity contribution < 1.29 is 13.2 Å². The van der Waals surface area contributed by atoms with Crippen molar-refractivity contribution in [3.8, 4) is 0 Å². The van der Waals surface area contributed by atoms with Crippen molar-refractivity contribution >= 4 is 21.5 Å². The fourth-order valence-corrected chi connectivity index (χ4v) is 4.44. The van der Waals surface area contributed by atoms with Gasteiger partial charge in [0.1, 0.15) is 22.4 Å². The zero-order chi connectivity index (χ0) is 22.3. The molecule has 2 unspecified atom stereocenters. The monoisotopic (exact) mass is 433 g/mol. The van der Waals surface area contributed by atoms with Crippen LogP contribution in [0.3, 0.4) is 0 Å². The van der Waals surface area contributed by atoms with Gasteiger partial charge in [0.05, 0.1) is 23.3 Å². The van der Waals surface area contributed by atoms with Crippen LogP contribution in [0.25, 0.3) is 0 Å². The van der Waals surface area contributed by atoms with Crippen molar-refractivity contribution in [2.24, 2.45) is 0 Å². The third-order valence-corrected chi connectivity index (χ3v) is 6.15. The van der Waals surface area contributed by atoms with Crippen molar-refractivity contribution in [3.63, 3.8) is 0 Å². The Morgan fingerprint density at radius 2 is 1.73 bits per heavy atom. The summed E-state index contributed by atoms with van der Waals surface area (Å²) < 4.78 is 31.8. The molecule has 3 N–H and O–H groups in total. The van der Waals surface area contributed by atoms with Crippen LogP contribution in [-0.2, 0) is 14.6 Å². The van der Waals surface area contributed by atoms with Crippen LogP contribution in [-0.4, -0.2) is 48.7 Å². The number of rotatable bonds is 3. The molecule has 0 saturated carbocycles. The predicted octanol–water partition coefficient (Wildman–Crippen LogP) is 3.29. The number of nitrogens with two attached hydrogens (primary N) is 1. The summed E-state index contributed by atoms with van der Waals surface area (Å²) in [6.07, 6.45) is 2.96. The van der Waals surface area contributed by atoms with E-state index >= 15 is 0 Å². The maximum absolute atomic E-state index is 13.0. The van der Waals surface area contributed by atoms with E-state index in [-0.39, 0.29) is 27.8 Å². The largest absolute Gasteiger partial charge is 0.384 e. The zero-order valence-corrected chi connectivity index (χ0v) is 19.0. The highest BCUT2D eigenvalue weighted by atomic mass is 32.2. The number of hydrogen-bond donors (Lipinski definition) is 2. The maximum Gasteiger partial charge on any atom is 0.211 e. The van der Waals surface area contributed by atoms with Crippen LogP contribution in [0, 0.1) is 6.92 Å². The van der Waals surface area contributed by atoms with Crippen molar-refractivity contribution in [2.75, 3.05) is 23.7 Å². The minimum absolute atomic E-state index is 0.00985. The molecule has 1 aliphatic heterocycles. The Morgan fingerprint density at radius 3 is 2.33 bits per heavy atom. The molecular weight excluding hydrogens is 402 g/mol. The first-order valence-electron chi connectivity index (χ1n) is 10.0. The van der Waals surface area contributed by atoms with Gasteiger partial charge >= 0.3 is 0 Å². The molecule has 0 amide bonds. The number of aromatic nitrogens is 3. The second-order valence-electron chi connectivity index (χ2n) is 6.82. The minimum atomic E-state index is -3.83. The van der Waals surface area contributed by atoms with Gasteiger partial charge in [-0.2, -0.15) is 0 Å². The van der Waals surface area contributed by atoms with Crippen LogP contribution in [0.1, 0.15) is 33.5 Å². The van der Waals surface area contributed by atoms with Gasteiger partial charge in [-0.15, -0.1) is 0 Å². The van der Waals surface area contributed by atoms with E-state index in [2.05, 4.69) is 19.9 Å². The molecular formula is C21H31N5O3S. The number of anilines is 2. The van der Waals surface area contributed by atoms with E-state index in [9.17, 15) is 8.42 Å². The second kappa shape index (κ2) is 10.4. The third-order valence-electron chi connectivity index (χ3n) is 4.35. The van der Waals surface area contributed by atoms with Crippen molar-refractivity contribution in [2.45, 2.75) is 56.6 Å². The second-order valence-corrected chi connectivity index (χ2v) is 8.74. The lowest BCUT2D eigenvalue weighted by molar-refractivity contribution is -0.00548. The zero-order valence-electron chi connectivity index (χ0n) is 18.2. The average molecular weight is 434 g/mol. The van der Waals surface area contributed by atoms with Crippen LogP contribution in [0.5, 0.6) is 0 Å². The molecule has 8 nitrogen and oxygen atoms in total. The van der Waals surface area contributed by atoms with E-state index < -0.39 is 9.84 Å². The molecule has 30 heavy (non-hydrogen) atoms. The van der Waals surface area contributed by atoms with Gasteiger partial charge in [-0.05, 0) is 32.9 Å².